The Balaban J connectivity index is 2.37. The summed E-state index contributed by atoms with van der Waals surface area (Å²) in [6, 6.07) is 5.74. The Morgan fingerprint density at radius 1 is 1.35 bits per heavy atom. The Morgan fingerprint density at radius 3 is 2.65 bits per heavy atom. The molecule has 1 fully saturated rings. The van der Waals surface area contributed by atoms with Gasteiger partial charge in [0.05, 0.1) is 16.7 Å². The topological polar surface area (TPSA) is 32.8 Å². The minimum atomic E-state index is -0.334. The number of nitrogens with zero attached hydrogens (tertiary/aromatic N) is 2. The van der Waals surface area contributed by atoms with Crippen LogP contribution in [-0.4, -0.2) is 43.3 Å². The third-order valence-corrected chi connectivity index (χ3v) is 5.28. The summed E-state index contributed by atoms with van der Waals surface area (Å²) in [6.07, 6.45) is 0.552. The zero-order valence-electron chi connectivity index (χ0n) is 14.1. The Morgan fingerprint density at radius 2 is 2.04 bits per heavy atom. The van der Waals surface area contributed by atoms with E-state index in [-0.39, 0.29) is 12.1 Å². The van der Waals surface area contributed by atoms with E-state index in [1.54, 1.807) is 17.0 Å². The molecule has 23 heavy (non-hydrogen) atoms. The Labute approximate surface area is 148 Å². The van der Waals surface area contributed by atoms with E-state index in [1.807, 2.05) is 13.0 Å². The summed E-state index contributed by atoms with van der Waals surface area (Å²) in [6.45, 7) is 7.43. The van der Waals surface area contributed by atoms with E-state index in [4.69, 9.17) is 27.9 Å². The lowest BCUT2D eigenvalue weighted by atomic mass is 9.88. The fraction of sp³-hybridized carbons (Fsp3) is 0.588. The fourth-order valence-electron chi connectivity index (χ4n) is 3.14. The molecule has 1 saturated heterocycles. The van der Waals surface area contributed by atoms with E-state index in [9.17, 15) is 4.79 Å². The predicted molar refractivity (Wildman–Crippen MR) is 95.6 cm³/mol. The van der Waals surface area contributed by atoms with Gasteiger partial charge in [-0.15, -0.1) is 0 Å². The van der Waals surface area contributed by atoms with Crippen LogP contribution in [0.2, 0.25) is 10.0 Å². The van der Waals surface area contributed by atoms with Crippen molar-refractivity contribution < 1.29 is 9.53 Å². The van der Waals surface area contributed by atoms with Crippen molar-refractivity contribution in [3.8, 4) is 0 Å². The maximum Gasteiger partial charge on any atom is 0.414 e. The van der Waals surface area contributed by atoms with Gasteiger partial charge in [-0.3, -0.25) is 4.90 Å². The molecule has 1 amide bonds. The summed E-state index contributed by atoms with van der Waals surface area (Å²) in [4.78, 5) is 16.6. The van der Waals surface area contributed by atoms with Crippen molar-refractivity contribution in [1.29, 1.82) is 0 Å². The van der Waals surface area contributed by atoms with E-state index in [1.165, 1.54) is 0 Å². The minimum absolute atomic E-state index is 0.0671. The van der Waals surface area contributed by atoms with Crippen LogP contribution in [0.4, 0.5) is 10.5 Å². The number of ether oxygens (including phenoxy) is 1. The van der Waals surface area contributed by atoms with Gasteiger partial charge < -0.3 is 9.64 Å². The number of anilines is 1. The lowest BCUT2D eigenvalue weighted by Gasteiger charge is -2.44. The quantitative estimate of drug-likeness (QED) is 0.785. The zero-order valence-corrected chi connectivity index (χ0v) is 15.6. The molecule has 0 aromatic heterocycles. The van der Waals surface area contributed by atoms with Crippen LogP contribution in [0.1, 0.15) is 27.2 Å². The van der Waals surface area contributed by atoms with Gasteiger partial charge in [0, 0.05) is 24.3 Å². The second kappa shape index (κ2) is 7.73. The first-order valence-electron chi connectivity index (χ1n) is 7.96. The number of likely N-dealkylation sites (tertiary alicyclic amines) is 1. The average molecular weight is 359 g/mol. The van der Waals surface area contributed by atoms with Crippen LogP contribution >= 0.6 is 23.2 Å². The van der Waals surface area contributed by atoms with Crippen molar-refractivity contribution in [3.63, 3.8) is 0 Å². The normalized spacial score (nSPS) is 25.2. The standard InChI is InChI=1S/C17H24Cl2N2O2/c1-5-23-17(22)21(13-6-7-14(18)15(19)9-13)16-8-12(3)20(4)10-11(16)2/h6-7,9,11-12,16H,5,8,10H2,1-4H3. The summed E-state index contributed by atoms with van der Waals surface area (Å²) >= 11 is 12.2. The molecule has 0 aliphatic carbocycles. The van der Waals surface area contributed by atoms with Gasteiger partial charge in [0.2, 0.25) is 0 Å². The summed E-state index contributed by atoms with van der Waals surface area (Å²) in [5.74, 6) is 0.329. The lowest BCUT2D eigenvalue weighted by molar-refractivity contribution is 0.119. The van der Waals surface area contributed by atoms with Crippen LogP contribution in [0.5, 0.6) is 0 Å². The number of carbonyl (C=O) groups excluding carboxylic acids is 1. The van der Waals surface area contributed by atoms with Crippen molar-refractivity contribution in [1.82, 2.24) is 4.90 Å². The van der Waals surface area contributed by atoms with Gasteiger partial charge in [-0.1, -0.05) is 30.1 Å². The van der Waals surface area contributed by atoms with Crippen molar-refractivity contribution in [2.75, 3.05) is 25.1 Å². The molecule has 1 aromatic carbocycles. The molecule has 4 nitrogen and oxygen atoms in total. The van der Waals surface area contributed by atoms with E-state index < -0.39 is 0 Å². The highest BCUT2D eigenvalue weighted by Gasteiger charge is 2.37. The Hall–Kier alpha value is -0.970. The van der Waals surface area contributed by atoms with Gasteiger partial charge in [0.25, 0.3) is 0 Å². The molecule has 0 N–H and O–H groups in total. The molecule has 1 heterocycles. The number of halogens is 2. The van der Waals surface area contributed by atoms with E-state index in [0.29, 0.717) is 28.6 Å². The van der Waals surface area contributed by atoms with Crippen LogP contribution in [0.15, 0.2) is 18.2 Å². The van der Waals surface area contributed by atoms with Crippen LogP contribution in [-0.2, 0) is 4.74 Å². The molecule has 1 aromatic rings. The highest BCUT2D eigenvalue weighted by Crippen LogP contribution is 2.33. The van der Waals surface area contributed by atoms with Gasteiger partial charge in [0.1, 0.15) is 0 Å². The molecule has 2 rings (SSSR count). The molecular weight excluding hydrogens is 335 g/mol. The van der Waals surface area contributed by atoms with Crippen LogP contribution in [0.3, 0.4) is 0 Å². The van der Waals surface area contributed by atoms with Gasteiger partial charge >= 0.3 is 6.09 Å². The molecule has 0 spiro atoms. The SMILES string of the molecule is CCOC(=O)N(c1ccc(Cl)c(Cl)c1)C1CC(C)N(C)CC1C. The third-order valence-electron chi connectivity index (χ3n) is 4.55. The van der Waals surface area contributed by atoms with Crippen molar-refractivity contribution >= 4 is 35.0 Å². The molecule has 3 unspecified atom stereocenters. The monoisotopic (exact) mass is 358 g/mol. The highest BCUT2D eigenvalue weighted by atomic mass is 35.5. The number of benzene rings is 1. The zero-order chi connectivity index (χ0) is 17.1. The van der Waals surface area contributed by atoms with Gasteiger partial charge in [-0.2, -0.15) is 0 Å². The number of carbonyl (C=O) groups is 1. The molecule has 1 aliphatic heterocycles. The van der Waals surface area contributed by atoms with Crippen molar-refractivity contribution in [2.45, 2.75) is 39.3 Å². The molecule has 0 radical (unpaired) electrons. The minimum Gasteiger partial charge on any atom is -0.449 e. The average Bonchev–Trinajstić information content (AvgIpc) is 2.48. The van der Waals surface area contributed by atoms with Crippen LogP contribution in [0, 0.1) is 5.92 Å². The predicted octanol–water partition coefficient (Wildman–Crippen LogP) is 4.69. The van der Waals surface area contributed by atoms with Crippen molar-refractivity contribution in [3.05, 3.63) is 28.2 Å². The summed E-state index contributed by atoms with van der Waals surface area (Å²) in [7, 11) is 2.12. The molecule has 3 atom stereocenters. The number of hydrogen-bond donors (Lipinski definition) is 0. The maximum atomic E-state index is 12.6. The second-order valence-electron chi connectivity index (χ2n) is 6.24. The Bertz CT molecular complexity index is 568. The van der Waals surface area contributed by atoms with E-state index in [2.05, 4.69) is 25.8 Å². The molecular formula is C17H24Cl2N2O2. The van der Waals surface area contributed by atoms with Crippen molar-refractivity contribution in [2.24, 2.45) is 5.92 Å². The largest absolute Gasteiger partial charge is 0.449 e. The van der Waals surface area contributed by atoms with E-state index >= 15 is 0 Å². The Kier molecular flexibility index (Phi) is 6.18. The first-order valence-corrected chi connectivity index (χ1v) is 8.72. The highest BCUT2D eigenvalue weighted by molar-refractivity contribution is 6.42. The summed E-state index contributed by atoms with van der Waals surface area (Å²) in [5.41, 5.74) is 0.728. The number of hydrogen-bond acceptors (Lipinski definition) is 3. The van der Waals surface area contributed by atoms with Gasteiger partial charge in [0.15, 0.2) is 0 Å². The number of rotatable bonds is 3. The van der Waals surface area contributed by atoms with Crippen LogP contribution < -0.4 is 4.90 Å². The lowest BCUT2D eigenvalue weighted by Crippen LogP contribution is -2.54. The second-order valence-corrected chi connectivity index (χ2v) is 7.05. The number of amides is 1. The molecule has 0 bridgehead atoms. The fourth-order valence-corrected chi connectivity index (χ4v) is 3.43. The molecule has 128 valence electrons. The third kappa shape index (κ3) is 4.11. The first-order chi connectivity index (χ1) is 10.8. The maximum absolute atomic E-state index is 12.6. The molecule has 6 heteroatoms. The summed E-state index contributed by atoms with van der Waals surface area (Å²) in [5, 5.41) is 0.913. The summed E-state index contributed by atoms with van der Waals surface area (Å²) < 4.78 is 5.29. The van der Waals surface area contributed by atoms with Crippen LogP contribution in [0.25, 0.3) is 0 Å². The molecule has 1 aliphatic rings. The smallest absolute Gasteiger partial charge is 0.414 e. The number of piperidine rings is 1. The first kappa shape index (κ1) is 18.4. The van der Waals surface area contributed by atoms with Gasteiger partial charge in [-0.05, 0) is 51.4 Å². The molecule has 0 saturated carbocycles. The van der Waals surface area contributed by atoms with E-state index in [0.717, 1.165) is 18.7 Å². The van der Waals surface area contributed by atoms with Gasteiger partial charge in [-0.25, -0.2) is 4.79 Å².